The third-order valence-electron chi connectivity index (χ3n) is 27.0. The van der Waals surface area contributed by atoms with Crippen LogP contribution >= 0.6 is 0 Å². The zero-order valence-corrected chi connectivity index (χ0v) is 78.9. The van der Waals surface area contributed by atoms with E-state index in [2.05, 4.69) is 26.6 Å². The molecule has 0 bridgehead atoms. The van der Waals surface area contributed by atoms with Gasteiger partial charge in [0.2, 0.25) is 29.5 Å². The third-order valence-corrected chi connectivity index (χ3v) is 27.0. The van der Waals surface area contributed by atoms with Crippen LogP contribution in [-0.2, 0) is 133 Å². The molecule has 12 rings (SSSR count). The van der Waals surface area contributed by atoms with Crippen LogP contribution in [0.4, 0.5) is 0 Å². The molecule has 60 atom stereocenters. The summed E-state index contributed by atoms with van der Waals surface area (Å²) in [5, 5.41) is 355. The lowest BCUT2D eigenvalue weighted by atomic mass is 9.93. The molecule has 12 aliphatic rings. The van der Waals surface area contributed by atoms with Gasteiger partial charge in [-0.3, -0.25) is 24.0 Å². The summed E-state index contributed by atoms with van der Waals surface area (Å²) >= 11 is 0. The van der Waals surface area contributed by atoms with Gasteiger partial charge in [0, 0.05) is 34.6 Å². The average molecular weight is 2120 g/mol. The minimum absolute atomic E-state index is 0.848. The molecule has 12 saturated heterocycles. The first-order valence-electron chi connectivity index (χ1n) is 46.7. The van der Waals surface area contributed by atoms with Crippen LogP contribution in [0.3, 0.4) is 0 Å². The summed E-state index contributed by atoms with van der Waals surface area (Å²) in [4.78, 5) is 66.5. The first-order valence-corrected chi connectivity index (χ1v) is 46.7. The molecular formula is C82H137N5O58. The maximum absolute atomic E-state index is 14.1. The van der Waals surface area contributed by atoms with Crippen molar-refractivity contribution in [3.63, 3.8) is 0 Å². The Hall–Kier alpha value is -4.77. The number of carbonyl (C=O) groups excluding carboxylic acids is 5. The highest BCUT2D eigenvalue weighted by atomic mass is 16.8. The molecule has 0 aromatic heterocycles. The maximum Gasteiger partial charge on any atom is 0.217 e. The van der Waals surface area contributed by atoms with E-state index in [0.29, 0.717) is 0 Å². The smallest absolute Gasteiger partial charge is 0.217 e. The van der Waals surface area contributed by atoms with Gasteiger partial charge in [0.1, 0.15) is 274 Å². The molecule has 63 heteroatoms. The van der Waals surface area contributed by atoms with Crippen molar-refractivity contribution in [1.29, 1.82) is 0 Å². The number of rotatable bonds is 36. The molecule has 0 aromatic rings. The molecule has 12 fully saturated rings. The number of amides is 5. The molecule has 145 heavy (non-hydrogen) atoms. The number of hydrogen-bond acceptors (Lipinski definition) is 58. The predicted molar refractivity (Wildman–Crippen MR) is 449 cm³/mol. The van der Waals surface area contributed by atoms with E-state index in [1.807, 2.05) is 0 Å². The van der Waals surface area contributed by atoms with Gasteiger partial charge in [-0.1, -0.05) is 0 Å². The van der Waals surface area contributed by atoms with Crippen LogP contribution in [0.2, 0.25) is 0 Å². The number of aliphatic hydroxyl groups is 30. The van der Waals surface area contributed by atoms with Gasteiger partial charge in [-0.25, -0.2) is 0 Å². The Balaban J connectivity index is 0.985. The van der Waals surface area contributed by atoms with Gasteiger partial charge in [0.05, 0.1) is 77.8 Å². The van der Waals surface area contributed by atoms with Crippen molar-refractivity contribution >= 4 is 29.5 Å². The summed E-state index contributed by atoms with van der Waals surface area (Å²) in [5.41, 5.74) is 0. The molecule has 12 aliphatic heterocycles. The Morgan fingerprint density at radius 3 is 0.841 bits per heavy atom. The highest BCUT2D eigenvalue weighted by molar-refractivity contribution is 5.75. The molecule has 838 valence electrons. The van der Waals surface area contributed by atoms with Gasteiger partial charge < -0.3 is 289 Å². The normalized spacial score (nSPS) is 50.1. The molecule has 0 radical (unpaired) electrons. The van der Waals surface area contributed by atoms with Crippen molar-refractivity contribution in [2.24, 2.45) is 0 Å². The summed E-state index contributed by atoms with van der Waals surface area (Å²) in [6.07, 6.45) is -120. The summed E-state index contributed by atoms with van der Waals surface area (Å²) in [6.45, 7) is -2.91. The van der Waals surface area contributed by atoms with Crippen LogP contribution in [0.15, 0.2) is 0 Å². The number of hydrogen-bond donors (Lipinski definition) is 35. The molecule has 0 aliphatic carbocycles. The Labute approximate surface area is 822 Å². The second-order valence-corrected chi connectivity index (χ2v) is 37.3. The van der Waals surface area contributed by atoms with Gasteiger partial charge >= 0.3 is 0 Å². The van der Waals surface area contributed by atoms with Crippen molar-refractivity contribution < 1.29 is 286 Å². The Bertz CT molecular complexity index is 4070. The van der Waals surface area contributed by atoms with E-state index in [9.17, 15) is 177 Å². The van der Waals surface area contributed by atoms with Crippen LogP contribution in [0.25, 0.3) is 0 Å². The molecule has 0 spiro atoms. The predicted octanol–water partition coefficient (Wildman–Crippen LogP) is -23.4. The lowest BCUT2D eigenvalue weighted by Crippen LogP contribution is -2.72. The van der Waals surface area contributed by atoms with Crippen LogP contribution in [0, 0.1) is 0 Å². The van der Waals surface area contributed by atoms with E-state index in [4.69, 9.17) is 109 Å². The van der Waals surface area contributed by atoms with Crippen molar-refractivity contribution in [3.8, 4) is 0 Å². The molecule has 12 heterocycles. The van der Waals surface area contributed by atoms with Crippen LogP contribution < -0.4 is 26.6 Å². The molecule has 63 nitrogen and oxygen atoms in total. The topological polar surface area (TPSA) is 965 Å². The first kappa shape index (κ1) is 119. The van der Waals surface area contributed by atoms with Crippen molar-refractivity contribution in [2.45, 2.75) is 424 Å². The van der Waals surface area contributed by atoms with E-state index < -0.39 is 457 Å². The average Bonchev–Trinajstić information content (AvgIpc) is 0.749. The van der Waals surface area contributed by atoms with E-state index in [-0.39, 0.29) is 0 Å². The SMILES string of the molecule is CC(=O)N[C@@H]1[C@@H](O)[C@H](O[C@@H]2O[C@H](CO)[C@@H](O[C@@H]3O[C@H](CO[C@H]4O[C@H](CO)[C@@H](O)[C@H](O)[C@@H]4O[C@@H]4O[C@H](CO)[C@@H](O)[C@H](O)[C@H]4NC(C)=O)[C@@H](O[C@@H]4O[C@H](CO)[C@@H](O)[C@H](O)[C@H]4NC(C)=O)[C@H](O[C@H]4O[C@H](CO)[C@@H](O)[C@H](O)[C@@H]4O[C@@H]4O[C@H](CO)[C@@H](O[C@@H]5O[C@H](CO)[C@H](O)[C@H](O)[C@H]5O[C@@H]5O[C@@H](C)[C@@H](O)[C@@H](O)[C@@H]5O)[C@H](O[C@@H]5O[C@@H](C)[C@@H](O)[C@@H](O)[C@@H]5O)[C@H]4NC(C)=O)[C@@H]3O)[C@H](O)[C@H]2NC(C)=O)[C@@H](CO[C@@H]2O[C@@H](C)[C@@H](O)[C@@H](O)[C@@H]2O)O[C@H]1O. The number of aliphatic hydroxyl groups excluding tert-OH is 30. The lowest BCUT2D eigenvalue weighted by molar-refractivity contribution is -0.413. The van der Waals surface area contributed by atoms with Crippen molar-refractivity contribution in [1.82, 2.24) is 26.6 Å². The van der Waals surface area contributed by atoms with Gasteiger partial charge in [-0.05, 0) is 20.8 Å². The van der Waals surface area contributed by atoms with Crippen LogP contribution in [0.1, 0.15) is 55.4 Å². The zero-order chi connectivity index (χ0) is 107. The summed E-state index contributed by atoms with van der Waals surface area (Å²) in [6, 6.07) is -10.2. The molecule has 0 unspecified atom stereocenters. The minimum atomic E-state index is -2.88. The van der Waals surface area contributed by atoms with E-state index in [1.54, 1.807) is 0 Å². The monoisotopic (exact) mass is 2120 g/mol. The number of carbonyl (C=O) groups is 5. The number of nitrogens with one attached hydrogen (secondary N) is 5. The van der Waals surface area contributed by atoms with Crippen molar-refractivity contribution in [3.05, 3.63) is 0 Å². The Kier molecular flexibility index (Phi) is 42.2. The largest absolute Gasteiger partial charge is 0.394 e. The third kappa shape index (κ3) is 26.4. The summed E-state index contributed by atoms with van der Waals surface area (Å²) in [5.74, 6) is -5.07. The fourth-order valence-corrected chi connectivity index (χ4v) is 19.0. The second-order valence-electron chi connectivity index (χ2n) is 37.3. The summed E-state index contributed by atoms with van der Waals surface area (Å²) in [7, 11) is 0. The van der Waals surface area contributed by atoms with Gasteiger partial charge in [0.15, 0.2) is 75.5 Å². The fraction of sp³-hybridized carbons (Fsp3) is 0.939. The molecule has 5 amide bonds. The second kappa shape index (κ2) is 51.5. The number of ether oxygens (including phenoxy) is 23. The fourth-order valence-electron chi connectivity index (χ4n) is 19.0. The maximum atomic E-state index is 14.1. The highest BCUT2D eigenvalue weighted by Gasteiger charge is 2.64. The van der Waals surface area contributed by atoms with Gasteiger partial charge in [-0.2, -0.15) is 0 Å². The molecule has 35 N–H and O–H groups in total. The molecular weight excluding hydrogens is 1980 g/mol. The summed E-state index contributed by atoms with van der Waals surface area (Å²) < 4.78 is 142. The Morgan fingerprint density at radius 2 is 0.434 bits per heavy atom. The van der Waals surface area contributed by atoms with Crippen LogP contribution in [-0.4, -0.2) is 610 Å². The quantitative estimate of drug-likeness (QED) is 0.0277. The van der Waals surface area contributed by atoms with E-state index >= 15 is 0 Å². The first-order chi connectivity index (χ1) is 68.5. The minimum Gasteiger partial charge on any atom is -0.394 e. The van der Waals surface area contributed by atoms with E-state index in [1.165, 1.54) is 20.8 Å². The van der Waals surface area contributed by atoms with Gasteiger partial charge in [-0.15, -0.1) is 0 Å². The lowest BCUT2D eigenvalue weighted by Gasteiger charge is -2.53. The highest BCUT2D eigenvalue weighted by Crippen LogP contribution is 2.44. The van der Waals surface area contributed by atoms with Crippen LogP contribution in [0.5, 0.6) is 0 Å². The van der Waals surface area contributed by atoms with Gasteiger partial charge in [0.25, 0.3) is 0 Å². The zero-order valence-electron chi connectivity index (χ0n) is 78.9. The standard InChI is InChI=1S/C82H137N5O58/c1-18-40(100)52(112)58(118)76(125-18)123-16-33-63(50(110)35(71(122)128-33)83-21(4)95)137-74-38(86-24(7)98)51(111)62(31(14-93)134-74)138-79-61(121)67(65(139-72-36(84-22(5)96)48(108)43(103)26(9-88)129-72)34(136-79)17-124-80-68(55(115)45(105)28(11-90)131-80)143-73-37(85-23(6)97)49(109)44(104)27(10-89)130-73)142-82-69(56(116)46(106)30(13-92)133-82)144-75-39(87-25(8)99)66(141-77-59(119)53(113)41(101)19(2)126-77)64(32(15-94)135-75)140-81-70(57(117)47(107)29(12-91)132-81)145-78-60(120)54(114)42(102)20(3)127-78/h18-20,26-82,88-94,100-122H,9-17H2,1-8H3,(H,83,95)(H,84,96)(H,85,97)(H,86,98)(H,87,99)/t18-,19-,20-,26+,27+,28+,29+,30+,31+,32+,33+,34+,35+,36+,37+,38+,39+,40+,41+,42+,43+,44+,45+,46+,47-,48+,49+,50+,51+,52+,53+,54+,55-,56-,57-,58-,59-,60-,61-,62+,63+,64+,65+,66+,67+,68-,69-,70+,71+,72-,73-,74-,75-,76+,77-,78-,79-,80-,81-,82+/m0/s1. The molecule has 0 aromatic carbocycles. The molecule has 0 saturated carbocycles. The Morgan fingerprint density at radius 1 is 0.193 bits per heavy atom. The van der Waals surface area contributed by atoms with Crippen molar-refractivity contribution in [2.75, 3.05) is 59.5 Å². The van der Waals surface area contributed by atoms with E-state index in [0.717, 1.165) is 34.6 Å².